The molecule has 72 valence electrons. The molecule has 2 N–H and O–H groups in total. The molecule has 0 aromatic heterocycles. The van der Waals surface area contributed by atoms with E-state index >= 15 is 0 Å². The third-order valence-corrected chi connectivity index (χ3v) is 2.87. The summed E-state index contributed by atoms with van der Waals surface area (Å²) < 4.78 is 0. The van der Waals surface area contributed by atoms with Gasteiger partial charge in [0, 0.05) is 18.2 Å². The third kappa shape index (κ3) is 1.27. The number of benzene rings is 1. The maximum Gasteiger partial charge on any atom is 0.463 e. The van der Waals surface area contributed by atoms with E-state index in [-0.39, 0.29) is 18.6 Å². The predicted molar refractivity (Wildman–Crippen MR) is 52.6 cm³/mol. The van der Waals surface area contributed by atoms with E-state index in [4.69, 9.17) is 0 Å². The molecule has 0 unspecified atom stereocenters. The molecule has 14 heavy (non-hydrogen) atoms. The van der Waals surface area contributed by atoms with Crippen molar-refractivity contribution in [2.24, 2.45) is 0 Å². The molecular formula is C10H11BO3. The third-order valence-electron chi connectivity index (χ3n) is 2.87. The van der Waals surface area contributed by atoms with E-state index in [0.29, 0.717) is 0 Å². The van der Waals surface area contributed by atoms with Gasteiger partial charge < -0.3 is 10.0 Å². The molecule has 3 nitrogen and oxygen atoms in total. The summed E-state index contributed by atoms with van der Waals surface area (Å²) in [7, 11) is -1.46. The number of carbonyl (C=O) groups excluding carboxylic acids is 1. The standard InChI is InChI=1S/C10H11BO3/c12-9-6-10(7-9,11(13)14)8-4-2-1-3-5-8/h1-5,13-14H,6-7H2. The van der Waals surface area contributed by atoms with Gasteiger partial charge in [-0.05, 0) is 5.56 Å². The number of ketones is 1. The second-order valence-electron chi connectivity index (χ2n) is 3.79. The molecule has 0 radical (unpaired) electrons. The average Bonchev–Trinajstić information content (AvgIpc) is 2.13. The van der Waals surface area contributed by atoms with Gasteiger partial charge >= 0.3 is 7.12 Å². The predicted octanol–water partition coefficient (Wildman–Crippen LogP) is 0.299. The van der Waals surface area contributed by atoms with Crippen LogP contribution < -0.4 is 0 Å². The maximum atomic E-state index is 11.0. The molecule has 0 atom stereocenters. The Labute approximate surface area is 82.5 Å². The van der Waals surface area contributed by atoms with E-state index in [2.05, 4.69) is 0 Å². The summed E-state index contributed by atoms with van der Waals surface area (Å²) in [6, 6.07) is 9.18. The molecule has 0 aliphatic heterocycles. The summed E-state index contributed by atoms with van der Waals surface area (Å²) in [6.07, 6.45) is 0.462. The smallest absolute Gasteiger partial charge is 0.426 e. The Balaban J connectivity index is 2.34. The fourth-order valence-electron chi connectivity index (χ4n) is 1.96. The van der Waals surface area contributed by atoms with E-state index in [1.54, 1.807) is 0 Å². The Morgan fingerprint density at radius 1 is 1.14 bits per heavy atom. The monoisotopic (exact) mass is 190 g/mol. The van der Waals surface area contributed by atoms with Crippen molar-refractivity contribution < 1.29 is 14.8 Å². The maximum absolute atomic E-state index is 11.0. The first kappa shape index (κ1) is 9.43. The first-order valence-electron chi connectivity index (χ1n) is 4.58. The highest BCUT2D eigenvalue weighted by molar-refractivity contribution is 6.48. The minimum atomic E-state index is -1.46. The Hall–Kier alpha value is -1.13. The Bertz CT molecular complexity index is 340. The van der Waals surface area contributed by atoms with Gasteiger partial charge in [-0.3, -0.25) is 4.79 Å². The highest BCUT2D eigenvalue weighted by Gasteiger charge is 2.53. The van der Waals surface area contributed by atoms with Crippen LogP contribution in [0.15, 0.2) is 30.3 Å². The second kappa shape index (κ2) is 3.22. The molecule has 0 spiro atoms. The van der Waals surface area contributed by atoms with Crippen LogP contribution >= 0.6 is 0 Å². The van der Waals surface area contributed by atoms with Crippen molar-refractivity contribution >= 4 is 12.9 Å². The lowest BCUT2D eigenvalue weighted by Crippen LogP contribution is -2.53. The lowest BCUT2D eigenvalue weighted by atomic mass is 9.44. The SMILES string of the molecule is O=C1CC(B(O)O)(c2ccccc2)C1. The molecule has 0 heterocycles. The summed E-state index contributed by atoms with van der Waals surface area (Å²) >= 11 is 0. The summed E-state index contributed by atoms with van der Waals surface area (Å²) in [5.74, 6) is 0.0851. The van der Waals surface area contributed by atoms with Crippen LogP contribution in [-0.4, -0.2) is 22.9 Å². The Kier molecular flexibility index (Phi) is 2.17. The van der Waals surface area contributed by atoms with Crippen molar-refractivity contribution in [1.82, 2.24) is 0 Å². The topological polar surface area (TPSA) is 57.5 Å². The van der Waals surface area contributed by atoms with Crippen molar-refractivity contribution in [2.45, 2.75) is 18.2 Å². The quantitative estimate of drug-likeness (QED) is 0.659. The molecule has 0 amide bonds. The van der Waals surface area contributed by atoms with Crippen LogP contribution in [-0.2, 0) is 10.1 Å². The molecule has 1 fully saturated rings. The van der Waals surface area contributed by atoms with E-state index < -0.39 is 12.4 Å². The molecule has 1 aliphatic carbocycles. The number of Topliss-reactive ketones (excluding diaryl/α,β-unsaturated/α-hetero) is 1. The summed E-state index contributed by atoms with van der Waals surface area (Å²) in [5, 5.41) is 17.8. The fraction of sp³-hybridized carbons (Fsp3) is 0.300. The number of rotatable bonds is 2. The van der Waals surface area contributed by atoms with Crippen LogP contribution in [0.4, 0.5) is 0 Å². The van der Waals surface area contributed by atoms with Crippen molar-refractivity contribution in [3.05, 3.63) is 35.9 Å². The van der Waals surface area contributed by atoms with E-state index in [9.17, 15) is 14.8 Å². The lowest BCUT2D eigenvalue weighted by Gasteiger charge is -2.39. The molecule has 1 aromatic rings. The number of hydrogen-bond acceptors (Lipinski definition) is 3. The van der Waals surface area contributed by atoms with Gasteiger partial charge in [0.15, 0.2) is 0 Å². The fourth-order valence-corrected chi connectivity index (χ4v) is 1.96. The van der Waals surface area contributed by atoms with Crippen LogP contribution in [0, 0.1) is 0 Å². The van der Waals surface area contributed by atoms with Gasteiger partial charge in [0.2, 0.25) is 0 Å². The Morgan fingerprint density at radius 2 is 1.71 bits per heavy atom. The molecule has 1 saturated carbocycles. The van der Waals surface area contributed by atoms with Crippen molar-refractivity contribution in [3.8, 4) is 0 Å². The number of carbonyl (C=O) groups is 1. The van der Waals surface area contributed by atoms with E-state index in [1.165, 1.54) is 0 Å². The highest BCUT2D eigenvalue weighted by Crippen LogP contribution is 2.41. The van der Waals surface area contributed by atoms with Crippen molar-refractivity contribution in [3.63, 3.8) is 0 Å². The Morgan fingerprint density at radius 3 is 2.14 bits per heavy atom. The summed E-state index contributed by atoms with van der Waals surface area (Å²) in [6.45, 7) is 0. The molecule has 2 rings (SSSR count). The normalized spacial score (nSPS) is 18.9. The van der Waals surface area contributed by atoms with Gasteiger partial charge in [-0.15, -0.1) is 0 Å². The minimum Gasteiger partial charge on any atom is -0.426 e. The van der Waals surface area contributed by atoms with Crippen LogP contribution in [0.3, 0.4) is 0 Å². The zero-order valence-corrected chi connectivity index (χ0v) is 7.68. The first-order chi connectivity index (χ1) is 6.65. The summed E-state index contributed by atoms with van der Waals surface area (Å²) in [4.78, 5) is 11.0. The lowest BCUT2D eigenvalue weighted by molar-refractivity contribution is -0.126. The molecular weight excluding hydrogens is 179 g/mol. The van der Waals surface area contributed by atoms with Crippen LogP contribution in [0.1, 0.15) is 18.4 Å². The molecule has 1 aliphatic rings. The van der Waals surface area contributed by atoms with Crippen LogP contribution in [0.25, 0.3) is 0 Å². The highest BCUT2D eigenvalue weighted by atomic mass is 16.4. The van der Waals surface area contributed by atoms with Crippen molar-refractivity contribution in [2.75, 3.05) is 0 Å². The van der Waals surface area contributed by atoms with E-state index in [0.717, 1.165) is 5.56 Å². The summed E-state index contributed by atoms with van der Waals surface area (Å²) in [5.41, 5.74) is 0.828. The zero-order valence-electron chi connectivity index (χ0n) is 7.68. The van der Waals surface area contributed by atoms with Gasteiger partial charge in [-0.2, -0.15) is 0 Å². The molecule has 1 aromatic carbocycles. The van der Waals surface area contributed by atoms with Gasteiger partial charge in [-0.25, -0.2) is 0 Å². The molecule has 0 saturated heterocycles. The second-order valence-corrected chi connectivity index (χ2v) is 3.79. The largest absolute Gasteiger partial charge is 0.463 e. The zero-order chi connectivity index (χ0) is 10.2. The first-order valence-corrected chi connectivity index (χ1v) is 4.58. The average molecular weight is 190 g/mol. The van der Waals surface area contributed by atoms with Crippen molar-refractivity contribution in [1.29, 1.82) is 0 Å². The van der Waals surface area contributed by atoms with E-state index in [1.807, 2.05) is 30.3 Å². The van der Waals surface area contributed by atoms with Gasteiger partial charge in [0.05, 0.1) is 0 Å². The van der Waals surface area contributed by atoms with Crippen LogP contribution in [0.2, 0.25) is 0 Å². The van der Waals surface area contributed by atoms with Gasteiger partial charge in [-0.1, -0.05) is 30.3 Å². The van der Waals surface area contributed by atoms with Gasteiger partial charge in [0.1, 0.15) is 5.78 Å². The van der Waals surface area contributed by atoms with Crippen LogP contribution in [0.5, 0.6) is 0 Å². The number of hydrogen-bond donors (Lipinski definition) is 2. The minimum absolute atomic E-state index is 0.0851. The molecule has 0 bridgehead atoms. The van der Waals surface area contributed by atoms with Gasteiger partial charge in [0.25, 0.3) is 0 Å². The molecule has 4 heteroatoms.